The molecule has 2 heteroatoms. The predicted molar refractivity (Wildman–Crippen MR) is 48.7 cm³/mol. The largest absolute Gasteiger partial charge is 0.303 e. The van der Waals surface area contributed by atoms with Crippen LogP contribution in [0.1, 0.15) is 25.7 Å². The molecule has 13 heavy (non-hydrogen) atoms. The Labute approximate surface area is 78.2 Å². The SMILES string of the molecule is N#CCCC1(C=O)CC2C=CC1C2. The van der Waals surface area contributed by atoms with Crippen LogP contribution < -0.4 is 0 Å². The molecule has 0 saturated heterocycles. The molecule has 0 amide bonds. The van der Waals surface area contributed by atoms with Gasteiger partial charge in [-0.2, -0.15) is 5.26 Å². The second kappa shape index (κ2) is 2.99. The summed E-state index contributed by atoms with van der Waals surface area (Å²) in [6, 6.07) is 2.13. The van der Waals surface area contributed by atoms with Gasteiger partial charge in [-0.3, -0.25) is 0 Å². The van der Waals surface area contributed by atoms with Crippen molar-refractivity contribution in [3.8, 4) is 6.07 Å². The van der Waals surface area contributed by atoms with E-state index in [-0.39, 0.29) is 5.41 Å². The summed E-state index contributed by atoms with van der Waals surface area (Å²) in [5.74, 6) is 1.03. The third-order valence-corrected chi connectivity index (χ3v) is 3.49. The minimum Gasteiger partial charge on any atom is -0.303 e. The Morgan fingerprint density at radius 3 is 2.92 bits per heavy atom. The Morgan fingerprint density at radius 2 is 2.46 bits per heavy atom. The van der Waals surface area contributed by atoms with Crippen LogP contribution in [-0.4, -0.2) is 6.29 Å². The standard InChI is InChI=1S/C11H13NO/c12-5-1-4-11(8-13)7-9-2-3-10(11)6-9/h2-3,8-10H,1,4,6-7H2. The van der Waals surface area contributed by atoms with Gasteiger partial charge in [0, 0.05) is 11.8 Å². The number of aldehydes is 1. The van der Waals surface area contributed by atoms with Gasteiger partial charge in [-0.25, -0.2) is 0 Å². The van der Waals surface area contributed by atoms with E-state index < -0.39 is 0 Å². The average Bonchev–Trinajstić information content (AvgIpc) is 2.74. The van der Waals surface area contributed by atoms with Gasteiger partial charge in [0.25, 0.3) is 0 Å². The third-order valence-electron chi connectivity index (χ3n) is 3.49. The fourth-order valence-electron chi connectivity index (χ4n) is 2.76. The van der Waals surface area contributed by atoms with Crippen molar-refractivity contribution in [3.05, 3.63) is 12.2 Å². The first-order chi connectivity index (χ1) is 6.30. The Balaban J connectivity index is 2.14. The molecule has 0 radical (unpaired) electrons. The van der Waals surface area contributed by atoms with Crippen molar-refractivity contribution in [3.63, 3.8) is 0 Å². The summed E-state index contributed by atoms with van der Waals surface area (Å²) in [5, 5.41) is 8.52. The number of carbonyl (C=O) groups is 1. The van der Waals surface area contributed by atoms with Crippen molar-refractivity contribution >= 4 is 6.29 Å². The zero-order valence-corrected chi connectivity index (χ0v) is 7.57. The maximum atomic E-state index is 11.1. The van der Waals surface area contributed by atoms with E-state index in [1.54, 1.807) is 0 Å². The van der Waals surface area contributed by atoms with Gasteiger partial charge in [0.15, 0.2) is 0 Å². The summed E-state index contributed by atoms with van der Waals surface area (Å²) in [6.07, 6.45) is 8.84. The molecule has 2 aliphatic rings. The van der Waals surface area contributed by atoms with E-state index in [4.69, 9.17) is 5.26 Å². The maximum Gasteiger partial charge on any atom is 0.126 e. The van der Waals surface area contributed by atoms with Crippen LogP contribution in [0.15, 0.2) is 12.2 Å². The highest BCUT2D eigenvalue weighted by Crippen LogP contribution is 2.53. The summed E-state index contributed by atoms with van der Waals surface area (Å²) in [5.41, 5.74) is -0.185. The van der Waals surface area contributed by atoms with Crippen LogP contribution in [-0.2, 0) is 4.79 Å². The number of hydrogen-bond donors (Lipinski definition) is 0. The van der Waals surface area contributed by atoms with Gasteiger partial charge in [0.1, 0.15) is 6.29 Å². The summed E-state index contributed by atoms with van der Waals surface area (Å²) >= 11 is 0. The van der Waals surface area contributed by atoms with Gasteiger partial charge in [-0.1, -0.05) is 12.2 Å². The number of carbonyl (C=O) groups excluding carboxylic acids is 1. The maximum absolute atomic E-state index is 11.1. The number of hydrogen-bond acceptors (Lipinski definition) is 2. The van der Waals surface area contributed by atoms with Gasteiger partial charge in [-0.15, -0.1) is 0 Å². The highest BCUT2D eigenvalue weighted by Gasteiger charge is 2.47. The molecule has 0 aromatic heterocycles. The molecule has 1 fully saturated rings. The lowest BCUT2D eigenvalue weighted by Gasteiger charge is -2.28. The lowest BCUT2D eigenvalue weighted by Crippen LogP contribution is -2.27. The molecule has 2 aliphatic carbocycles. The van der Waals surface area contributed by atoms with E-state index in [9.17, 15) is 4.79 Å². The van der Waals surface area contributed by atoms with E-state index in [0.717, 1.165) is 25.5 Å². The quantitative estimate of drug-likeness (QED) is 0.486. The average molecular weight is 175 g/mol. The van der Waals surface area contributed by atoms with E-state index in [1.165, 1.54) is 0 Å². The molecule has 0 N–H and O–H groups in total. The second-order valence-corrected chi connectivity index (χ2v) is 4.20. The molecule has 2 bridgehead atoms. The Kier molecular flexibility index (Phi) is 1.95. The first kappa shape index (κ1) is 8.50. The molecular weight excluding hydrogens is 162 g/mol. The molecule has 1 saturated carbocycles. The van der Waals surface area contributed by atoms with Crippen molar-refractivity contribution in [1.82, 2.24) is 0 Å². The normalized spacial score (nSPS) is 40.5. The van der Waals surface area contributed by atoms with E-state index in [2.05, 4.69) is 18.2 Å². The number of nitrogens with zero attached hydrogens (tertiary/aromatic N) is 1. The van der Waals surface area contributed by atoms with Crippen LogP contribution in [0.25, 0.3) is 0 Å². The van der Waals surface area contributed by atoms with Crippen molar-refractivity contribution in [2.24, 2.45) is 17.3 Å². The van der Waals surface area contributed by atoms with Gasteiger partial charge >= 0.3 is 0 Å². The Morgan fingerprint density at radius 1 is 1.62 bits per heavy atom. The van der Waals surface area contributed by atoms with E-state index in [0.29, 0.717) is 18.3 Å². The molecule has 3 atom stereocenters. The van der Waals surface area contributed by atoms with E-state index in [1.807, 2.05) is 0 Å². The van der Waals surface area contributed by atoms with Crippen LogP contribution in [0.3, 0.4) is 0 Å². The minimum atomic E-state index is -0.185. The molecule has 2 nitrogen and oxygen atoms in total. The topological polar surface area (TPSA) is 40.9 Å². The lowest BCUT2D eigenvalue weighted by atomic mass is 9.74. The molecule has 0 spiro atoms. The predicted octanol–water partition coefficient (Wildman–Crippen LogP) is 2.07. The molecule has 0 aromatic rings. The number of fused-ring (bicyclic) bond motifs is 2. The van der Waals surface area contributed by atoms with Crippen molar-refractivity contribution in [2.75, 3.05) is 0 Å². The van der Waals surface area contributed by atoms with Gasteiger partial charge in [0.05, 0.1) is 6.07 Å². The zero-order valence-electron chi connectivity index (χ0n) is 7.57. The fourth-order valence-corrected chi connectivity index (χ4v) is 2.76. The van der Waals surface area contributed by atoms with E-state index >= 15 is 0 Å². The van der Waals surface area contributed by atoms with Crippen LogP contribution in [0.5, 0.6) is 0 Å². The third kappa shape index (κ3) is 1.19. The molecule has 2 rings (SSSR count). The Bertz CT molecular complexity index is 289. The van der Waals surface area contributed by atoms with Crippen LogP contribution in [0, 0.1) is 28.6 Å². The summed E-state index contributed by atoms with van der Waals surface area (Å²) < 4.78 is 0. The molecule has 3 unspecified atom stereocenters. The molecular formula is C11H13NO. The van der Waals surface area contributed by atoms with Crippen LogP contribution >= 0.6 is 0 Å². The number of nitriles is 1. The fraction of sp³-hybridized carbons (Fsp3) is 0.636. The molecule has 0 aliphatic heterocycles. The lowest BCUT2D eigenvalue weighted by molar-refractivity contribution is -0.117. The Hall–Kier alpha value is -1.10. The minimum absolute atomic E-state index is 0.185. The molecule has 0 heterocycles. The summed E-state index contributed by atoms with van der Waals surface area (Å²) in [7, 11) is 0. The smallest absolute Gasteiger partial charge is 0.126 e. The highest BCUT2D eigenvalue weighted by molar-refractivity contribution is 5.62. The first-order valence-corrected chi connectivity index (χ1v) is 4.82. The van der Waals surface area contributed by atoms with Gasteiger partial charge < -0.3 is 4.79 Å². The summed E-state index contributed by atoms with van der Waals surface area (Å²) in [4.78, 5) is 11.1. The highest BCUT2D eigenvalue weighted by atomic mass is 16.1. The number of rotatable bonds is 3. The summed E-state index contributed by atoms with van der Waals surface area (Å²) in [6.45, 7) is 0. The van der Waals surface area contributed by atoms with Gasteiger partial charge in [-0.05, 0) is 31.1 Å². The van der Waals surface area contributed by atoms with Crippen LogP contribution in [0.4, 0.5) is 0 Å². The van der Waals surface area contributed by atoms with Crippen molar-refractivity contribution in [2.45, 2.75) is 25.7 Å². The second-order valence-electron chi connectivity index (χ2n) is 4.20. The number of allylic oxidation sites excluding steroid dienone is 2. The molecule has 0 aromatic carbocycles. The van der Waals surface area contributed by atoms with Crippen molar-refractivity contribution < 1.29 is 4.79 Å². The van der Waals surface area contributed by atoms with Crippen LogP contribution in [0.2, 0.25) is 0 Å². The van der Waals surface area contributed by atoms with Crippen molar-refractivity contribution in [1.29, 1.82) is 5.26 Å². The molecule has 68 valence electrons. The zero-order chi connectivity index (χ0) is 9.31. The monoisotopic (exact) mass is 175 g/mol. The van der Waals surface area contributed by atoms with Gasteiger partial charge in [0.2, 0.25) is 0 Å². The first-order valence-electron chi connectivity index (χ1n) is 4.82.